The summed E-state index contributed by atoms with van der Waals surface area (Å²) in [6, 6.07) is 0. The highest BCUT2D eigenvalue weighted by Crippen LogP contribution is 2.31. The smallest absolute Gasteiger partial charge is 0.406 e. The fourth-order valence-corrected chi connectivity index (χ4v) is 3.38. The van der Waals surface area contributed by atoms with E-state index in [0.717, 1.165) is 37.0 Å². The summed E-state index contributed by atoms with van der Waals surface area (Å²) in [5.41, 5.74) is 2.17. The Bertz CT molecular complexity index is 672. The molecule has 5 heteroatoms. The number of alkyl carbamates (subject to hydrolysis) is 1. The average molecular weight is 389 g/mol. The van der Waals surface area contributed by atoms with Crippen LogP contribution in [0.2, 0.25) is 0 Å². The Morgan fingerprint density at radius 3 is 2.85 bits per heavy atom. The maximum Gasteiger partial charge on any atom is 0.406 e. The number of thiazole rings is 1. The summed E-state index contributed by atoms with van der Waals surface area (Å²) in [7, 11) is 1.36. The number of hydrogen-bond acceptors (Lipinski definition) is 4. The maximum atomic E-state index is 11.0. The molecule has 1 amide bonds. The van der Waals surface area contributed by atoms with Crippen LogP contribution in [0.1, 0.15) is 50.2 Å². The SMILES string of the molecule is C=CC/C=C/Cc1csc(C(C)(C)CC/C=C/C(=C)CCNC(=O)OC)n1. The molecule has 1 aromatic heterocycles. The minimum absolute atomic E-state index is 0.0475. The molecule has 0 spiro atoms. The Labute approximate surface area is 167 Å². The van der Waals surface area contributed by atoms with Crippen LogP contribution in [-0.4, -0.2) is 24.7 Å². The second-order valence-electron chi connectivity index (χ2n) is 7.00. The van der Waals surface area contributed by atoms with E-state index in [-0.39, 0.29) is 5.41 Å². The predicted molar refractivity (Wildman–Crippen MR) is 115 cm³/mol. The molecule has 1 heterocycles. The van der Waals surface area contributed by atoms with E-state index < -0.39 is 6.09 Å². The summed E-state index contributed by atoms with van der Waals surface area (Å²) >= 11 is 1.74. The van der Waals surface area contributed by atoms with Gasteiger partial charge in [0.2, 0.25) is 0 Å². The largest absolute Gasteiger partial charge is 0.453 e. The van der Waals surface area contributed by atoms with Gasteiger partial charge >= 0.3 is 6.09 Å². The summed E-state index contributed by atoms with van der Waals surface area (Å²) in [6.45, 7) is 12.7. The van der Waals surface area contributed by atoms with Crippen LogP contribution in [0.3, 0.4) is 0 Å². The minimum atomic E-state index is -0.410. The molecule has 0 fully saturated rings. The van der Waals surface area contributed by atoms with Crippen LogP contribution in [0.4, 0.5) is 4.79 Å². The number of aromatic nitrogens is 1. The van der Waals surface area contributed by atoms with Crippen LogP contribution >= 0.6 is 11.3 Å². The Balaban J connectivity index is 2.40. The number of rotatable bonds is 12. The molecule has 27 heavy (non-hydrogen) atoms. The number of nitrogens with zero attached hydrogens (tertiary/aromatic N) is 1. The number of hydrogen-bond donors (Lipinski definition) is 1. The molecule has 0 aliphatic rings. The predicted octanol–water partition coefficient (Wildman–Crippen LogP) is 5.73. The van der Waals surface area contributed by atoms with Gasteiger partial charge in [-0.25, -0.2) is 9.78 Å². The number of ether oxygens (including phenoxy) is 1. The molecule has 1 aromatic rings. The lowest BCUT2D eigenvalue weighted by atomic mass is 9.88. The standard InChI is InChI=1S/C22H32N2O2S/c1-6-7-8-9-13-19-17-27-20(24-19)22(3,4)15-11-10-12-18(2)14-16-23-21(25)26-5/h6,8-10,12,17H,1-2,7,11,13-16H2,3-5H3,(H,23,25)/b9-8+,12-10+. The lowest BCUT2D eigenvalue weighted by Crippen LogP contribution is -2.24. The molecule has 0 aliphatic heterocycles. The van der Waals surface area contributed by atoms with Gasteiger partial charge in [0.15, 0.2) is 0 Å². The lowest BCUT2D eigenvalue weighted by Gasteiger charge is -2.20. The van der Waals surface area contributed by atoms with Crippen LogP contribution in [0, 0.1) is 0 Å². The van der Waals surface area contributed by atoms with Crippen LogP contribution in [-0.2, 0) is 16.6 Å². The van der Waals surface area contributed by atoms with Gasteiger partial charge in [0.1, 0.15) is 0 Å². The highest BCUT2D eigenvalue weighted by Gasteiger charge is 2.23. The molecule has 0 bridgehead atoms. The third-order valence-corrected chi connectivity index (χ3v) is 5.37. The summed E-state index contributed by atoms with van der Waals surface area (Å²) in [5, 5.41) is 5.99. The fraction of sp³-hybridized carbons (Fsp3) is 0.455. The van der Waals surface area contributed by atoms with Gasteiger partial charge in [0.25, 0.3) is 0 Å². The zero-order chi connectivity index (χ0) is 20.1. The fourth-order valence-electron chi connectivity index (χ4n) is 2.39. The van der Waals surface area contributed by atoms with Crippen molar-refractivity contribution in [2.45, 2.75) is 51.4 Å². The number of carbonyl (C=O) groups excluding carboxylic acids is 1. The van der Waals surface area contributed by atoms with Gasteiger partial charge in [0.05, 0.1) is 17.8 Å². The Kier molecular flexibility index (Phi) is 10.4. The second kappa shape index (κ2) is 12.3. The van der Waals surface area contributed by atoms with Crippen molar-refractivity contribution >= 4 is 17.4 Å². The Morgan fingerprint density at radius 1 is 1.37 bits per heavy atom. The summed E-state index contributed by atoms with van der Waals surface area (Å²) in [5.74, 6) is 0. The van der Waals surface area contributed by atoms with E-state index in [1.807, 2.05) is 12.2 Å². The van der Waals surface area contributed by atoms with E-state index in [9.17, 15) is 4.79 Å². The molecule has 1 rings (SSSR count). The molecule has 0 unspecified atom stereocenters. The first-order valence-corrected chi connectivity index (χ1v) is 10.1. The van der Waals surface area contributed by atoms with Crippen molar-refractivity contribution in [1.29, 1.82) is 0 Å². The van der Waals surface area contributed by atoms with E-state index in [4.69, 9.17) is 4.98 Å². The highest BCUT2D eigenvalue weighted by molar-refractivity contribution is 7.09. The molecule has 0 saturated heterocycles. The monoisotopic (exact) mass is 388 g/mol. The molecule has 0 saturated carbocycles. The Hall–Kier alpha value is -2.14. The average Bonchev–Trinajstić information content (AvgIpc) is 3.12. The van der Waals surface area contributed by atoms with Gasteiger partial charge in [-0.15, -0.1) is 17.9 Å². The zero-order valence-electron chi connectivity index (χ0n) is 16.8. The van der Waals surface area contributed by atoms with Crippen LogP contribution in [0.15, 0.2) is 54.5 Å². The Morgan fingerprint density at radius 2 is 2.15 bits per heavy atom. The quantitative estimate of drug-likeness (QED) is 0.367. The molecule has 0 radical (unpaired) electrons. The van der Waals surface area contributed by atoms with E-state index in [2.05, 4.69) is 60.7 Å². The molecule has 0 aromatic carbocycles. The molecule has 0 atom stereocenters. The number of amides is 1. The maximum absolute atomic E-state index is 11.0. The van der Waals surface area contributed by atoms with E-state index >= 15 is 0 Å². The summed E-state index contributed by atoms with van der Waals surface area (Å²) < 4.78 is 4.53. The van der Waals surface area contributed by atoms with Crippen LogP contribution in [0.25, 0.3) is 0 Å². The first kappa shape index (κ1) is 22.9. The van der Waals surface area contributed by atoms with Crippen molar-refractivity contribution in [2.24, 2.45) is 0 Å². The normalized spacial score (nSPS) is 11.8. The van der Waals surface area contributed by atoms with Gasteiger partial charge < -0.3 is 10.1 Å². The summed E-state index contributed by atoms with van der Waals surface area (Å²) in [4.78, 5) is 15.8. The van der Waals surface area contributed by atoms with Crippen molar-refractivity contribution < 1.29 is 9.53 Å². The minimum Gasteiger partial charge on any atom is -0.453 e. The molecular weight excluding hydrogens is 356 g/mol. The van der Waals surface area contributed by atoms with Crippen molar-refractivity contribution in [3.63, 3.8) is 0 Å². The first-order chi connectivity index (χ1) is 12.9. The van der Waals surface area contributed by atoms with Crippen molar-refractivity contribution in [2.75, 3.05) is 13.7 Å². The van der Waals surface area contributed by atoms with Gasteiger partial charge in [-0.2, -0.15) is 0 Å². The molecular formula is C22H32N2O2S. The number of carbonyl (C=O) groups is 1. The molecule has 0 aliphatic carbocycles. The molecule has 4 nitrogen and oxygen atoms in total. The lowest BCUT2D eigenvalue weighted by molar-refractivity contribution is 0.171. The summed E-state index contributed by atoms with van der Waals surface area (Å²) in [6.07, 6.45) is 14.4. The van der Waals surface area contributed by atoms with Crippen molar-refractivity contribution in [3.05, 3.63) is 65.2 Å². The van der Waals surface area contributed by atoms with E-state index in [1.54, 1.807) is 11.3 Å². The van der Waals surface area contributed by atoms with Gasteiger partial charge in [-0.3, -0.25) is 0 Å². The van der Waals surface area contributed by atoms with E-state index in [1.165, 1.54) is 12.1 Å². The second-order valence-corrected chi connectivity index (χ2v) is 7.85. The number of methoxy groups -OCH3 is 1. The van der Waals surface area contributed by atoms with Gasteiger partial charge in [-0.1, -0.05) is 56.4 Å². The van der Waals surface area contributed by atoms with Gasteiger partial charge in [0, 0.05) is 23.8 Å². The van der Waals surface area contributed by atoms with Crippen molar-refractivity contribution in [3.8, 4) is 0 Å². The van der Waals surface area contributed by atoms with E-state index in [0.29, 0.717) is 13.0 Å². The third-order valence-electron chi connectivity index (χ3n) is 4.12. The first-order valence-electron chi connectivity index (χ1n) is 9.26. The number of allylic oxidation sites excluding steroid dienone is 5. The van der Waals surface area contributed by atoms with Crippen LogP contribution < -0.4 is 5.32 Å². The molecule has 1 N–H and O–H groups in total. The van der Waals surface area contributed by atoms with Crippen molar-refractivity contribution in [1.82, 2.24) is 10.3 Å². The number of nitrogens with one attached hydrogen (secondary N) is 1. The third kappa shape index (κ3) is 9.38. The topological polar surface area (TPSA) is 51.2 Å². The van der Waals surface area contributed by atoms with Crippen LogP contribution in [0.5, 0.6) is 0 Å². The molecule has 148 valence electrons. The van der Waals surface area contributed by atoms with Gasteiger partial charge in [-0.05, 0) is 25.7 Å². The zero-order valence-corrected chi connectivity index (χ0v) is 17.6. The highest BCUT2D eigenvalue weighted by atomic mass is 32.1.